The molecular formula is C19H25NO4. The number of carbonyl (C=O) groups is 2. The van der Waals surface area contributed by atoms with E-state index in [-0.39, 0.29) is 18.6 Å². The number of carboxylic acids is 1. The lowest BCUT2D eigenvalue weighted by atomic mass is 9.97. The van der Waals surface area contributed by atoms with Crippen LogP contribution in [-0.2, 0) is 14.3 Å². The molecule has 2 atom stereocenters. The summed E-state index contributed by atoms with van der Waals surface area (Å²) in [5, 5.41) is 9.25. The van der Waals surface area contributed by atoms with Gasteiger partial charge in [0.05, 0.1) is 12.0 Å². The molecule has 1 saturated heterocycles. The molecule has 1 aliphatic heterocycles. The Hall–Kier alpha value is -1.88. The second-order valence-corrected chi connectivity index (χ2v) is 6.79. The van der Waals surface area contributed by atoms with Crippen LogP contribution in [0.4, 0.5) is 0 Å². The lowest BCUT2D eigenvalue weighted by Gasteiger charge is -2.34. The van der Waals surface area contributed by atoms with Gasteiger partial charge in [-0.05, 0) is 31.2 Å². The third kappa shape index (κ3) is 3.96. The van der Waals surface area contributed by atoms with Gasteiger partial charge in [0.2, 0.25) is 0 Å². The van der Waals surface area contributed by atoms with Crippen molar-refractivity contribution in [2.45, 2.75) is 50.7 Å². The first-order chi connectivity index (χ1) is 11.6. The zero-order chi connectivity index (χ0) is 16.9. The number of aliphatic carboxylic acids is 1. The standard InChI is InChI=1S/C19H25NO4/c21-18(20-12-6-9-15(13-20)19(22)23)17(14-7-2-1-3-8-14)24-16-10-4-5-11-16/h1-3,7-8,15-17H,4-6,9-13H2,(H,22,23)/t15-,17+/m1/s1. The van der Waals surface area contributed by atoms with Crippen molar-refractivity contribution in [3.8, 4) is 0 Å². The van der Waals surface area contributed by atoms with Crippen molar-refractivity contribution >= 4 is 11.9 Å². The van der Waals surface area contributed by atoms with Crippen LogP contribution >= 0.6 is 0 Å². The monoisotopic (exact) mass is 331 g/mol. The van der Waals surface area contributed by atoms with Gasteiger partial charge in [-0.15, -0.1) is 0 Å². The van der Waals surface area contributed by atoms with Crippen LogP contribution in [0.15, 0.2) is 30.3 Å². The highest BCUT2D eigenvalue weighted by Crippen LogP contribution is 2.30. The molecule has 1 amide bonds. The van der Waals surface area contributed by atoms with Crippen LogP contribution in [0.1, 0.15) is 50.2 Å². The molecule has 1 aromatic rings. The van der Waals surface area contributed by atoms with E-state index in [0.717, 1.165) is 37.7 Å². The second kappa shape index (κ2) is 7.79. The summed E-state index contributed by atoms with van der Waals surface area (Å²) in [4.78, 5) is 26.0. The van der Waals surface area contributed by atoms with Gasteiger partial charge in [0.15, 0.2) is 6.10 Å². The number of rotatable bonds is 5. The highest BCUT2D eigenvalue weighted by molar-refractivity contribution is 5.83. The van der Waals surface area contributed by atoms with Crippen molar-refractivity contribution in [2.24, 2.45) is 5.92 Å². The van der Waals surface area contributed by atoms with E-state index in [0.29, 0.717) is 13.0 Å². The van der Waals surface area contributed by atoms with Crippen LogP contribution in [0.3, 0.4) is 0 Å². The lowest BCUT2D eigenvalue weighted by Crippen LogP contribution is -2.45. The van der Waals surface area contributed by atoms with Crippen LogP contribution in [0.25, 0.3) is 0 Å². The number of likely N-dealkylation sites (tertiary alicyclic amines) is 1. The van der Waals surface area contributed by atoms with E-state index >= 15 is 0 Å². The SMILES string of the molecule is O=C(O)[C@@H]1CCCN(C(=O)[C@@H](OC2CCCC2)c2ccccc2)C1. The highest BCUT2D eigenvalue weighted by atomic mass is 16.5. The number of nitrogens with zero attached hydrogens (tertiary/aromatic N) is 1. The van der Waals surface area contributed by atoms with Gasteiger partial charge in [-0.25, -0.2) is 0 Å². The molecule has 0 unspecified atom stereocenters. The number of carboxylic acid groups (broad SMARTS) is 1. The van der Waals surface area contributed by atoms with Crippen LogP contribution in [0.5, 0.6) is 0 Å². The molecule has 3 rings (SSSR count). The summed E-state index contributed by atoms with van der Waals surface area (Å²) >= 11 is 0. The fourth-order valence-electron chi connectivity index (χ4n) is 3.67. The molecule has 130 valence electrons. The van der Waals surface area contributed by atoms with E-state index in [9.17, 15) is 14.7 Å². The molecule has 5 nitrogen and oxygen atoms in total. The number of amides is 1. The van der Waals surface area contributed by atoms with Crippen molar-refractivity contribution < 1.29 is 19.4 Å². The Morgan fingerprint density at radius 2 is 1.79 bits per heavy atom. The van der Waals surface area contributed by atoms with Gasteiger partial charge in [0.25, 0.3) is 5.91 Å². The molecular weight excluding hydrogens is 306 g/mol. The molecule has 5 heteroatoms. The molecule has 1 saturated carbocycles. The average molecular weight is 331 g/mol. The zero-order valence-corrected chi connectivity index (χ0v) is 13.9. The Labute approximate surface area is 142 Å². The lowest BCUT2D eigenvalue weighted by molar-refractivity contribution is -0.153. The maximum Gasteiger partial charge on any atom is 0.308 e. The largest absolute Gasteiger partial charge is 0.481 e. The van der Waals surface area contributed by atoms with Gasteiger partial charge in [-0.2, -0.15) is 0 Å². The molecule has 2 fully saturated rings. The summed E-state index contributed by atoms with van der Waals surface area (Å²) in [6, 6.07) is 9.56. The van der Waals surface area contributed by atoms with Crippen molar-refractivity contribution in [2.75, 3.05) is 13.1 Å². The molecule has 0 spiro atoms. The fourth-order valence-corrected chi connectivity index (χ4v) is 3.67. The molecule has 2 aliphatic rings. The zero-order valence-electron chi connectivity index (χ0n) is 13.9. The van der Waals surface area contributed by atoms with Gasteiger partial charge in [-0.1, -0.05) is 43.2 Å². The Kier molecular flexibility index (Phi) is 5.51. The first-order valence-corrected chi connectivity index (χ1v) is 8.87. The molecule has 1 aliphatic carbocycles. The maximum absolute atomic E-state index is 13.1. The molecule has 1 heterocycles. The molecule has 1 N–H and O–H groups in total. The normalized spacial score (nSPS) is 23.2. The number of ether oxygens (including phenoxy) is 1. The third-order valence-electron chi connectivity index (χ3n) is 5.04. The molecule has 24 heavy (non-hydrogen) atoms. The summed E-state index contributed by atoms with van der Waals surface area (Å²) < 4.78 is 6.17. The number of benzene rings is 1. The number of hydrogen-bond acceptors (Lipinski definition) is 3. The average Bonchev–Trinajstić information content (AvgIpc) is 3.13. The minimum absolute atomic E-state index is 0.0981. The van der Waals surface area contributed by atoms with E-state index < -0.39 is 18.0 Å². The summed E-state index contributed by atoms with van der Waals surface area (Å²) in [6.45, 7) is 0.894. The van der Waals surface area contributed by atoms with E-state index in [2.05, 4.69) is 0 Å². The van der Waals surface area contributed by atoms with Gasteiger partial charge < -0.3 is 14.7 Å². The first-order valence-electron chi connectivity index (χ1n) is 8.87. The topological polar surface area (TPSA) is 66.8 Å². The van der Waals surface area contributed by atoms with Gasteiger partial charge in [0, 0.05) is 13.1 Å². The van der Waals surface area contributed by atoms with Crippen LogP contribution < -0.4 is 0 Å². The second-order valence-electron chi connectivity index (χ2n) is 6.79. The van der Waals surface area contributed by atoms with E-state index in [1.165, 1.54) is 0 Å². The van der Waals surface area contributed by atoms with E-state index in [4.69, 9.17) is 4.74 Å². The van der Waals surface area contributed by atoms with Crippen molar-refractivity contribution in [3.63, 3.8) is 0 Å². The Morgan fingerprint density at radius 1 is 1.08 bits per heavy atom. The van der Waals surface area contributed by atoms with Crippen LogP contribution in [-0.4, -0.2) is 41.1 Å². The summed E-state index contributed by atoms with van der Waals surface area (Å²) in [6.07, 6.45) is 5.15. The third-order valence-corrected chi connectivity index (χ3v) is 5.04. The molecule has 1 aromatic carbocycles. The first kappa shape index (κ1) is 17.0. The Balaban J connectivity index is 1.76. The molecule has 0 aromatic heterocycles. The van der Waals surface area contributed by atoms with Crippen molar-refractivity contribution in [1.82, 2.24) is 4.90 Å². The highest BCUT2D eigenvalue weighted by Gasteiger charge is 2.34. The number of carbonyl (C=O) groups excluding carboxylic acids is 1. The minimum atomic E-state index is -0.819. The maximum atomic E-state index is 13.1. The van der Waals surface area contributed by atoms with E-state index in [1.807, 2.05) is 30.3 Å². The van der Waals surface area contributed by atoms with Crippen molar-refractivity contribution in [1.29, 1.82) is 0 Å². The predicted molar refractivity (Wildman–Crippen MR) is 89.5 cm³/mol. The minimum Gasteiger partial charge on any atom is -0.481 e. The number of hydrogen-bond donors (Lipinski definition) is 1. The number of piperidine rings is 1. The molecule has 0 bridgehead atoms. The molecule has 0 radical (unpaired) electrons. The predicted octanol–water partition coefficient (Wildman–Crippen LogP) is 3.01. The van der Waals surface area contributed by atoms with Gasteiger partial charge in [-0.3, -0.25) is 9.59 Å². The summed E-state index contributed by atoms with van der Waals surface area (Å²) in [5.41, 5.74) is 0.854. The summed E-state index contributed by atoms with van der Waals surface area (Å²) in [5.74, 6) is -1.38. The smallest absolute Gasteiger partial charge is 0.308 e. The van der Waals surface area contributed by atoms with Crippen LogP contribution in [0, 0.1) is 5.92 Å². The van der Waals surface area contributed by atoms with Gasteiger partial charge in [0.1, 0.15) is 0 Å². The fraction of sp³-hybridized carbons (Fsp3) is 0.579. The van der Waals surface area contributed by atoms with Gasteiger partial charge >= 0.3 is 5.97 Å². The summed E-state index contributed by atoms with van der Waals surface area (Å²) in [7, 11) is 0. The van der Waals surface area contributed by atoms with E-state index in [1.54, 1.807) is 4.90 Å². The van der Waals surface area contributed by atoms with Crippen molar-refractivity contribution in [3.05, 3.63) is 35.9 Å². The Morgan fingerprint density at radius 3 is 2.46 bits per heavy atom. The Bertz CT molecular complexity index is 568. The quantitative estimate of drug-likeness (QED) is 0.900. The van der Waals surface area contributed by atoms with Crippen LogP contribution in [0.2, 0.25) is 0 Å².